The first-order valence-electron chi connectivity index (χ1n) is 5.58. The molecule has 0 saturated carbocycles. The van der Waals surface area contributed by atoms with Gasteiger partial charge in [-0.1, -0.05) is 26.7 Å². The zero-order valence-corrected chi connectivity index (χ0v) is 11.3. The van der Waals surface area contributed by atoms with Crippen LogP contribution in [-0.2, 0) is 19.6 Å². The minimum absolute atomic E-state index is 0.0517. The van der Waals surface area contributed by atoms with E-state index in [1.54, 1.807) is 0 Å². The molecule has 0 aromatic carbocycles. The number of methoxy groups -OCH3 is 1. The molecule has 0 aromatic rings. The standard InChI is InChI=1S/C10H21NO5S/c1-4-8(5-2)9(12)6-11-17(14,15)7-10(13)16-3/h8-9,11-12H,4-7H2,1-3H3. The maximum atomic E-state index is 11.4. The van der Waals surface area contributed by atoms with Gasteiger partial charge in [-0.05, 0) is 5.92 Å². The van der Waals surface area contributed by atoms with E-state index < -0.39 is 27.8 Å². The Bertz CT molecular complexity index is 324. The lowest BCUT2D eigenvalue weighted by atomic mass is 9.97. The lowest BCUT2D eigenvalue weighted by Crippen LogP contribution is -2.38. The number of hydrogen-bond donors (Lipinski definition) is 2. The lowest BCUT2D eigenvalue weighted by Gasteiger charge is -2.20. The normalized spacial score (nSPS) is 13.7. The molecule has 0 aliphatic heterocycles. The minimum atomic E-state index is -3.72. The van der Waals surface area contributed by atoms with Gasteiger partial charge in [0.2, 0.25) is 10.0 Å². The highest BCUT2D eigenvalue weighted by molar-refractivity contribution is 7.90. The quantitative estimate of drug-likeness (QED) is 0.598. The van der Waals surface area contributed by atoms with Crippen LogP contribution in [0.2, 0.25) is 0 Å². The third kappa shape index (κ3) is 6.60. The number of nitrogens with one attached hydrogen (secondary N) is 1. The highest BCUT2D eigenvalue weighted by atomic mass is 32.2. The second-order valence-electron chi connectivity index (χ2n) is 3.83. The monoisotopic (exact) mass is 267 g/mol. The molecule has 0 amide bonds. The number of carbonyl (C=O) groups excluding carboxylic acids is 1. The van der Waals surface area contributed by atoms with E-state index in [0.717, 1.165) is 20.0 Å². The maximum Gasteiger partial charge on any atom is 0.322 e. The fraction of sp³-hybridized carbons (Fsp3) is 0.900. The largest absolute Gasteiger partial charge is 0.468 e. The van der Waals surface area contributed by atoms with Gasteiger partial charge in [0.05, 0.1) is 13.2 Å². The summed E-state index contributed by atoms with van der Waals surface area (Å²) in [5.41, 5.74) is 0. The zero-order chi connectivity index (χ0) is 13.5. The van der Waals surface area contributed by atoms with Gasteiger partial charge < -0.3 is 9.84 Å². The summed E-state index contributed by atoms with van der Waals surface area (Å²) in [5, 5.41) is 9.72. The number of carbonyl (C=O) groups is 1. The summed E-state index contributed by atoms with van der Waals surface area (Å²) in [6.07, 6.45) is 0.810. The van der Waals surface area contributed by atoms with Crippen molar-refractivity contribution in [2.75, 3.05) is 19.4 Å². The number of sulfonamides is 1. The second kappa shape index (κ2) is 7.62. The second-order valence-corrected chi connectivity index (χ2v) is 5.63. The van der Waals surface area contributed by atoms with Crippen LogP contribution in [0, 0.1) is 5.92 Å². The Labute approximate surface area is 102 Å². The predicted molar refractivity (Wildman–Crippen MR) is 63.9 cm³/mol. The molecule has 1 atom stereocenters. The summed E-state index contributed by atoms with van der Waals surface area (Å²) in [5.74, 6) is -1.50. The lowest BCUT2D eigenvalue weighted by molar-refractivity contribution is -0.137. The van der Waals surface area contributed by atoms with Crippen LogP contribution >= 0.6 is 0 Å². The molecule has 17 heavy (non-hydrogen) atoms. The highest BCUT2D eigenvalue weighted by Gasteiger charge is 2.21. The molecule has 0 radical (unpaired) electrons. The van der Waals surface area contributed by atoms with Crippen molar-refractivity contribution in [1.29, 1.82) is 0 Å². The van der Waals surface area contributed by atoms with Gasteiger partial charge in [-0.15, -0.1) is 0 Å². The van der Waals surface area contributed by atoms with Gasteiger partial charge in [-0.25, -0.2) is 13.1 Å². The summed E-state index contributed by atoms with van der Waals surface area (Å²) in [6.45, 7) is 3.78. The summed E-state index contributed by atoms with van der Waals surface area (Å²) in [4.78, 5) is 10.8. The van der Waals surface area contributed by atoms with E-state index in [4.69, 9.17) is 0 Å². The fourth-order valence-corrected chi connectivity index (χ4v) is 2.43. The van der Waals surface area contributed by atoms with Crippen molar-refractivity contribution in [1.82, 2.24) is 4.72 Å². The van der Waals surface area contributed by atoms with Crippen LogP contribution < -0.4 is 4.72 Å². The zero-order valence-electron chi connectivity index (χ0n) is 10.5. The first-order valence-corrected chi connectivity index (χ1v) is 7.23. The van der Waals surface area contributed by atoms with Gasteiger partial charge >= 0.3 is 5.97 Å². The number of aliphatic hydroxyl groups is 1. The van der Waals surface area contributed by atoms with E-state index >= 15 is 0 Å². The average molecular weight is 267 g/mol. The molecule has 2 N–H and O–H groups in total. The van der Waals surface area contributed by atoms with E-state index in [1.807, 2.05) is 13.8 Å². The van der Waals surface area contributed by atoms with Gasteiger partial charge in [-0.2, -0.15) is 0 Å². The van der Waals surface area contributed by atoms with Crippen LogP contribution in [-0.4, -0.2) is 45.0 Å². The molecule has 0 heterocycles. The van der Waals surface area contributed by atoms with E-state index in [9.17, 15) is 18.3 Å². The van der Waals surface area contributed by atoms with E-state index in [-0.39, 0.29) is 12.5 Å². The third-order valence-electron chi connectivity index (χ3n) is 2.64. The molecule has 102 valence electrons. The molecule has 0 aliphatic rings. The van der Waals surface area contributed by atoms with Crippen molar-refractivity contribution >= 4 is 16.0 Å². The van der Waals surface area contributed by atoms with Crippen molar-refractivity contribution < 1.29 is 23.1 Å². The number of rotatable bonds is 8. The SMILES string of the molecule is CCC(CC)C(O)CNS(=O)(=O)CC(=O)OC. The van der Waals surface area contributed by atoms with Crippen LogP contribution in [0.1, 0.15) is 26.7 Å². The molecule has 0 spiro atoms. The Balaban J connectivity index is 4.22. The first kappa shape index (κ1) is 16.3. The molecule has 0 rings (SSSR count). The molecular formula is C10H21NO5S. The number of hydrogen-bond acceptors (Lipinski definition) is 5. The van der Waals surface area contributed by atoms with E-state index in [2.05, 4.69) is 9.46 Å². The van der Waals surface area contributed by atoms with Crippen LogP contribution in [0.4, 0.5) is 0 Å². The van der Waals surface area contributed by atoms with Crippen molar-refractivity contribution in [3.63, 3.8) is 0 Å². The Morgan fingerprint density at radius 3 is 2.29 bits per heavy atom. The average Bonchev–Trinajstić information content (AvgIpc) is 2.27. The number of aliphatic hydroxyl groups excluding tert-OH is 1. The first-order chi connectivity index (χ1) is 7.86. The topological polar surface area (TPSA) is 92.7 Å². The molecule has 1 unspecified atom stereocenters. The predicted octanol–water partition coefficient (Wildman–Crippen LogP) is -0.124. The van der Waals surface area contributed by atoms with E-state index in [0.29, 0.717) is 0 Å². The van der Waals surface area contributed by atoms with Gasteiger partial charge in [0, 0.05) is 6.54 Å². The molecule has 6 nitrogen and oxygen atoms in total. The molecule has 0 bridgehead atoms. The van der Waals surface area contributed by atoms with Gasteiger partial charge in [0.25, 0.3) is 0 Å². The van der Waals surface area contributed by atoms with Crippen LogP contribution in [0.15, 0.2) is 0 Å². The van der Waals surface area contributed by atoms with Crippen LogP contribution in [0.3, 0.4) is 0 Å². The molecule has 0 saturated heterocycles. The maximum absolute atomic E-state index is 11.4. The fourth-order valence-electron chi connectivity index (χ4n) is 1.48. The van der Waals surface area contributed by atoms with Crippen molar-refractivity contribution in [3.05, 3.63) is 0 Å². The Morgan fingerprint density at radius 1 is 1.35 bits per heavy atom. The summed E-state index contributed by atoms with van der Waals surface area (Å²) in [7, 11) is -2.60. The number of esters is 1. The summed E-state index contributed by atoms with van der Waals surface area (Å²) < 4.78 is 29.2. The third-order valence-corrected chi connectivity index (χ3v) is 3.86. The Kier molecular flexibility index (Phi) is 7.33. The van der Waals surface area contributed by atoms with Gasteiger partial charge in [0.1, 0.15) is 0 Å². The Hall–Kier alpha value is -0.660. The molecular weight excluding hydrogens is 246 g/mol. The van der Waals surface area contributed by atoms with Crippen molar-refractivity contribution in [2.24, 2.45) is 5.92 Å². The van der Waals surface area contributed by atoms with Crippen molar-refractivity contribution in [3.8, 4) is 0 Å². The molecule has 0 aliphatic carbocycles. The summed E-state index contributed by atoms with van der Waals surface area (Å²) >= 11 is 0. The molecule has 7 heteroatoms. The van der Waals surface area contributed by atoms with Gasteiger partial charge in [-0.3, -0.25) is 4.79 Å². The van der Waals surface area contributed by atoms with Gasteiger partial charge in [0.15, 0.2) is 5.75 Å². The molecule has 0 fully saturated rings. The minimum Gasteiger partial charge on any atom is -0.468 e. The van der Waals surface area contributed by atoms with Crippen LogP contribution in [0.5, 0.6) is 0 Å². The Morgan fingerprint density at radius 2 is 1.88 bits per heavy atom. The molecule has 0 aromatic heterocycles. The smallest absolute Gasteiger partial charge is 0.322 e. The van der Waals surface area contributed by atoms with Crippen molar-refractivity contribution in [2.45, 2.75) is 32.8 Å². The van der Waals surface area contributed by atoms with Crippen LogP contribution in [0.25, 0.3) is 0 Å². The highest BCUT2D eigenvalue weighted by Crippen LogP contribution is 2.12. The van der Waals surface area contributed by atoms with E-state index in [1.165, 1.54) is 0 Å². The number of ether oxygens (including phenoxy) is 1. The summed E-state index contributed by atoms with van der Waals surface area (Å²) in [6, 6.07) is 0.